The molecule has 0 aromatic heterocycles. The van der Waals surface area contributed by atoms with Crippen LogP contribution in [-0.4, -0.2) is 24.9 Å². The lowest BCUT2D eigenvalue weighted by molar-refractivity contribution is 0.123. The van der Waals surface area contributed by atoms with Gasteiger partial charge in [0.2, 0.25) is 0 Å². The number of benzene rings is 1. The number of halogens is 1. The van der Waals surface area contributed by atoms with Crippen molar-refractivity contribution in [3.05, 3.63) is 29.3 Å². The molecule has 104 valence electrons. The van der Waals surface area contributed by atoms with Crippen LogP contribution in [0, 0.1) is 5.92 Å². The monoisotopic (exact) mass is 298 g/mol. The average molecular weight is 299 g/mol. The molecule has 1 aliphatic carbocycles. The van der Waals surface area contributed by atoms with E-state index in [0.717, 1.165) is 42.8 Å². The molecule has 0 radical (unpaired) electrons. The van der Waals surface area contributed by atoms with Crippen LogP contribution in [0.4, 0.5) is 5.69 Å². The Kier molecular flexibility index (Phi) is 5.89. The van der Waals surface area contributed by atoms with E-state index in [4.69, 9.17) is 28.6 Å². The largest absolute Gasteiger partial charge is 0.381 e. The molecule has 0 unspecified atom stereocenters. The third-order valence-corrected chi connectivity index (χ3v) is 3.40. The summed E-state index contributed by atoms with van der Waals surface area (Å²) in [7, 11) is 0. The van der Waals surface area contributed by atoms with E-state index in [-0.39, 0.29) is 0 Å². The molecule has 0 spiro atoms. The van der Waals surface area contributed by atoms with Gasteiger partial charge in [0, 0.05) is 30.5 Å². The zero-order chi connectivity index (χ0) is 13.5. The molecular weight excluding hydrogens is 280 g/mol. The molecule has 1 aromatic carbocycles. The number of ether oxygens (including phenoxy) is 1. The summed E-state index contributed by atoms with van der Waals surface area (Å²) < 4.78 is 5.55. The quantitative estimate of drug-likeness (QED) is 0.597. The van der Waals surface area contributed by atoms with Crippen LogP contribution in [0.5, 0.6) is 0 Å². The van der Waals surface area contributed by atoms with Crippen molar-refractivity contribution in [3.8, 4) is 0 Å². The second-order valence-electron chi connectivity index (χ2n) is 4.76. The third-order valence-electron chi connectivity index (χ3n) is 2.90. The molecule has 19 heavy (non-hydrogen) atoms. The molecule has 2 N–H and O–H groups in total. The Hall–Kier alpha value is -0.840. The van der Waals surface area contributed by atoms with Crippen LogP contribution in [0.2, 0.25) is 5.02 Å². The van der Waals surface area contributed by atoms with Crippen LogP contribution in [0.3, 0.4) is 0 Å². The first-order chi connectivity index (χ1) is 9.24. The van der Waals surface area contributed by atoms with Crippen molar-refractivity contribution >= 4 is 34.6 Å². The summed E-state index contributed by atoms with van der Waals surface area (Å²) in [5.41, 5.74) is 0.937. The van der Waals surface area contributed by atoms with Gasteiger partial charge >= 0.3 is 0 Å². The number of nitrogens with one attached hydrogen (secondary N) is 2. The number of thiocarbonyl (C=S) groups is 1. The van der Waals surface area contributed by atoms with Crippen molar-refractivity contribution in [2.45, 2.75) is 19.3 Å². The Morgan fingerprint density at radius 2 is 2.05 bits per heavy atom. The Balaban J connectivity index is 1.52. The molecule has 0 amide bonds. The summed E-state index contributed by atoms with van der Waals surface area (Å²) in [5, 5.41) is 7.61. The second kappa shape index (κ2) is 7.68. The highest BCUT2D eigenvalue weighted by atomic mass is 35.5. The first kappa shape index (κ1) is 14.6. The molecule has 0 heterocycles. The minimum Gasteiger partial charge on any atom is -0.381 e. The van der Waals surface area contributed by atoms with Gasteiger partial charge in [0.25, 0.3) is 0 Å². The highest BCUT2D eigenvalue weighted by molar-refractivity contribution is 7.80. The molecule has 1 aliphatic rings. The lowest BCUT2D eigenvalue weighted by Crippen LogP contribution is -2.29. The second-order valence-corrected chi connectivity index (χ2v) is 5.60. The molecule has 0 saturated heterocycles. The van der Waals surface area contributed by atoms with Gasteiger partial charge in [-0.05, 0) is 61.7 Å². The number of anilines is 1. The fourth-order valence-electron chi connectivity index (χ4n) is 1.62. The zero-order valence-electron chi connectivity index (χ0n) is 10.8. The van der Waals surface area contributed by atoms with Crippen LogP contribution in [0.1, 0.15) is 19.3 Å². The van der Waals surface area contributed by atoms with E-state index in [1.807, 2.05) is 24.3 Å². The van der Waals surface area contributed by atoms with Crippen LogP contribution < -0.4 is 10.6 Å². The summed E-state index contributed by atoms with van der Waals surface area (Å²) in [5.74, 6) is 0.834. The van der Waals surface area contributed by atoms with E-state index in [2.05, 4.69) is 10.6 Å². The van der Waals surface area contributed by atoms with Crippen molar-refractivity contribution in [1.29, 1.82) is 0 Å². The maximum absolute atomic E-state index is 5.82. The van der Waals surface area contributed by atoms with Crippen LogP contribution in [0.25, 0.3) is 0 Å². The van der Waals surface area contributed by atoms with E-state index in [0.29, 0.717) is 5.11 Å². The topological polar surface area (TPSA) is 33.3 Å². The summed E-state index contributed by atoms with van der Waals surface area (Å²) in [6.45, 7) is 2.55. The first-order valence-electron chi connectivity index (χ1n) is 6.62. The maximum atomic E-state index is 5.82. The summed E-state index contributed by atoms with van der Waals surface area (Å²) in [6.07, 6.45) is 3.65. The lowest BCUT2D eigenvalue weighted by Gasteiger charge is -2.10. The molecular formula is C14H19ClN2OS. The molecule has 3 nitrogen and oxygen atoms in total. The molecule has 2 rings (SSSR count). The SMILES string of the molecule is S=C(NCCCOCC1CC1)Nc1ccc(Cl)cc1. The Bertz CT molecular complexity index is 406. The van der Waals surface area contributed by atoms with Gasteiger partial charge in [-0.25, -0.2) is 0 Å². The standard InChI is InChI=1S/C14H19ClN2OS/c15-12-4-6-13(7-5-12)17-14(19)16-8-1-9-18-10-11-2-3-11/h4-7,11H,1-3,8-10H2,(H2,16,17,19). The van der Waals surface area contributed by atoms with E-state index in [1.54, 1.807) is 0 Å². The van der Waals surface area contributed by atoms with Gasteiger partial charge < -0.3 is 15.4 Å². The molecule has 1 fully saturated rings. The predicted octanol–water partition coefficient (Wildman–Crippen LogP) is 3.44. The fourth-order valence-corrected chi connectivity index (χ4v) is 1.97. The van der Waals surface area contributed by atoms with E-state index < -0.39 is 0 Å². The van der Waals surface area contributed by atoms with Crippen molar-refractivity contribution in [1.82, 2.24) is 5.32 Å². The van der Waals surface area contributed by atoms with Crippen molar-refractivity contribution < 1.29 is 4.74 Å². The molecule has 1 aromatic rings. The maximum Gasteiger partial charge on any atom is 0.170 e. The Morgan fingerprint density at radius 1 is 1.32 bits per heavy atom. The highest BCUT2D eigenvalue weighted by Crippen LogP contribution is 2.28. The molecule has 0 atom stereocenters. The normalized spacial score (nSPS) is 14.2. The number of hydrogen-bond donors (Lipinski definition) is 2. The van der Waals surface area contributed by atoms with Gasteiger partial charge in [0.15, 0.2) is 5.11 Å². The molecule has 5 heteroatoms. The van der Waals surface area contributed by atoms with Gasteiger partial charge in [-0.1, -0.05) is 11.6 Å². The van der Waals surface area contributed by atoms with Crippen LogP contribution in [-0.2, 0) is 4.74 Å². The van der Waals surface area contributed by atoms with Crippen LogP contribution >= 0.6 is 23.8 Å². The summed E-state index contributed by atoms with van der Waals surface area (Å²) in [6, 6.07) is 7.46. The third kappa shape index (κ3) is 6.23. The highest BCUT2D eigenvalue weighted by Gasteiger charge is 2.20. The first-order valence-corrected chi connectivity index (χ1v) is 7.41. The minimum atomic E-state index is 0.629. The smallest absolute Gasteiger partial charge is 0.170 e. The lowest BCUT2D eigenvalue weighted by atomic mass is 10.3. The van der Waals surface area contributed by atoms with Gasteiger partial charge in [0.1, 0.15) is 0 Å². The van der Waals surface area contributed by atoms with Crippen molar-refractivity contribution in [3.63, 3.8) is 0 Å². The average Bonchev–Trinajstić information content (AvgIpc) is 3.20. The van der Waals surface area contributed by atoms with E-state index >= 15 is 0 Å². The Morgan fingerprint density at radius 3 is 2.74 bits per heavy atom. The molecule has 0 aliphatic heterocycles. The van der Waals surface area contributed by atoms with Crippen molar-refractivity contribution in [2.24, 2.45) is 5.92 Å². The van der Waals surface area contributed by atoms with Crippen molar-refractivity contribution in [2.75, 3.05) is 25.1 Å². The Labute approximate surface area is 124 Å². The fraction of sp³-hybridized carbons (Fsp3) is 0.500. The number of rotatable bonds is 7. The zero-order valence-corrected chi connectivity index (χ0v) is 12.4. The van der Waals surface area contributed by atoms with Gasteiger partial charge in [-0.3, -0.25) is 0 Å². The van der Waals surface area contributed by atoms with Gasteiger partial charge in [-0.15, -0.1) is 0 Å². The number of hydrogen-bond acceptors (Lipinski definition) is 2. The van der Waals surface area contributed by atoms with Gasteiger partial charge in [-0.2, -0.15) is 0 Å². The van der Waals surface area contributed by atoms with Crippen LogP contribution in [0.15, 0.2) is 24.3 Å². The molecule has 0 bridgehead atoms. The molecule has 1 saturated carbocycles. The van der Waals surface area contributed by atoms with E-state index in [9.17, 15) is 0 Å². The predicted molar refractivity (Wildman–Crippen MR) is 83.8 cm³/mol. The summed E-state index contributed by atoms with van der Waals surface area (Å²) in [4.78, 5) is 0. The minimum absolute atomic E-state index is 0.629. The van der Waals surface area contributed by atoms with E-state index in [1.165, 1.54) is 12.8 Å². The van der Waals surface area contributed by atoms with Gasteiger partial charge in [0.05, 0.1) is 0 Å². The summed E-state index contributed by atoms with van der Waals surface area (Å²) >= 11 is 11.0.